The number of amides is 1. The van der Waals surface area contributed by atoms with Crippen molar-refractivity contribution in [2.24, 2.45) is 0 Å². The predicted molar refractivity (Wildman–Crippen MR) is 82.6 cm³/mol. The second kappa shape index (κ2) is 6.19. The van der Waals surface area contributed by atoms with Crippen molar-refractivity contribution < 1.29 is 9.90 Å². The van der Waals surface area contributed by atoms with E-state index in [1.165, 1.54) is 0 Å². The molecule has 1 aliphatic heterocycles. The maximum atomic E-state index is 12.3. The number of H-pyrrole nitrogens is 1. The Balaban J connectivity index is 1.55. The van der Waals surface area contributed by atoms with Crippen LogP contribution < -0.4 is 0 Å². The van der Waals surface area contributed by atoms with Gasteiger partial charge in [0, 0.05) is 44.6 Å². The summed E-state index contributed by atoms with van der Waals surface area (Å²) in [7, 11) is 0. The fourth-order valence-electron chi connectivity index (χ4n) is 2.69. The molecule has 1 saturated heterocycles. The Morgan fingerprint density at radius 3 is 2.73 bits per heavy atom. The van der Waals surface area contributed by atoms with Gasteiger partial charge in [-0.3, -0.25) is 9.69 Å². The number of rotatable bonds is 3. The van der Waals surface area contributed by atoms with E-state index < -0.39 is 0 Å². The van der Waals surface area contributed by atoms with Crippen molar-refractivity contribution in [3.05, 3.63) is 47.5 Å². The lowest BCUT2D eigenvalue weighted by Gasteiger charge is -2.34. The average molecular weight is 300 g/mol. The molecule has 0 bridgehead atoms. The first-order valence-corrected chi connectivity index (χ1v) is 7.43. The Labute approximate surface area is 129 Å². The van der Waals surface area contributed by atoms with Crippen molar-refractivity contribution in [2.75, 3.05) is 26.2 Å². The first-order valence-electron chi connectivity index (χ1n) is 7.43. The Hall–Kier alpha value is -2.34. The van der Waals surface area contributed by atoms with Crippen LogP contribution >= 0.6 is 0 Å². The van der Waals surface area contributed by atoms with E-state index in [2.05, 4.69) is 14.9 Å². The molecule has 22 heavy (non-hydrogen) atoms. The number of benzene rings is 1. The SMILES string of the molecule is Cc1cnc(C(=O)N2CCN(Cc3cccc(O)c3)CC2)[nH]1. The molecule has 1 aliphatic rings. The third-order valence-electron chi connectivity index (χ3n) is 3.88. The number of aromatic amines is 1. The number of nitrogens with one attached hydrogen (secondary N) is 1. The standard InChI is InChI=1S/C16H20N4O2/c1-12-10-17-15(18-12)16(22)20-7-5-19(6-8-20)11-13-3-2-4-14(21)9-13/h2-4,9-10,21H,5-8,11H2,1H3,(H,17,18). The molecule has 6 heteroatoms. The summed E-state index contributed by atoms with van der Waals surface area (Å²) in [6.07, 6.45) is 1.67. The van der Waals surface area contributed by atoms with Crippen molar-refractivity contribution in [1.29, 1.82) is 0 Å². The van der Waals surface area contributed by atoms with Gasteiger partial charge in [-0.1, -0.05) is 12.1 Å². The fourth-order valence-corrected chi connectivity index (χ4v) is 2.69. The van der Waals surface area contributed by atoms with Gasteiger partial charge in [0.05, 0.1) is 0 Å². The van der Waals surface area contributed by atoms with E-state index >= 15 is 0 Å². The Morgan fingerprint density at radius 2 is 2.09 bits per heavy atom. The van der Waals surface area contributed by atoms with Crippen LogP contribution in [0.3, 0.4) is 0 Å². The molecule has 0 saturated carbocycles. The maximum absolute atomic E-state index is 12.3. The number of aryl methyl sites for hydroxylation is 1. The highest BCUT2D eigenvalue weighted by Gasteiger charge is 2.23. The number of aromatic hydroxyl groups is 1. The third kappa shape index (κ3) is 3.28. The number of hydrogen-bond acceptors (Lipinski definition) is 4. The molecule has 1 aromatic heterocycles. The number of phenols is 1. The van der Waals surface area contributed by atoms with Gasteiger partial charge in [-0.15, -0.1) is 0 Å². The van der Waals surface area contributed by atoms with Crippen LogP contribution in [0.2, 0.25) is 0 Å². The zero-order valence-corrected chi connectivity index (χ0v) is 12.6. The highest BCUT2D eigenvalue weighted by molar-refractivity contribution is 5.90. The third-order valence-corrected chi connectivity index (χ3v) is 3.88. The largest absolute Gasteiger partial charge is 0.508 e. The first-order chi connectivity index (χ1) is 10.6. The molecule has 0 aliphatic carbocycles. The van der Waals surface area contributed by atoms with Gasteiger partial charge in [0.15, 0.2) is 5.82 Å². The predicted octanol–water partition coefficient (Wildman–Crippen LogP) is 1.38. The van der Waals surface area contributed by atoms with Gasteiger partial charge < -0.3 is 15.0 Å². The molecule has 1 amide bonds. The van der Waals surface area contributed by atoms with Crippen LogP contribution in [-0.2, 0) is 6.54 Å². The van der Waals surface area contributed by atoms with Gasteiger partial charge in [0.1, 0.15) is 5.75 Å². The highest BCUT2D eigenvalue weighted by Crippen LogP contribution is 2.14. The summed E-state index contributed by atoms with van der Waals surface area (Å²) in [4.78, 5) is 23.5. The minimum Gasteiger partial charge on any atom is -0.508 e. The molecule has 0 radical (unpaired) electrons. The molecule has 0 spiro atoms. The number of nitrogens with zero attached hydrogens (tertiary/aromatic N) is 3. The summed E-state index contributed by atoms with van der Waals surface area (Å²) in [6, 6.07) is 7.31. The molecular formula is C16H20N4O2. The maximum Gasteiger partial charge on any atom is 0.289 e. The van der Waals surface area contributed by atoms with Crippen LogP contribution in [0.1, 0.15) is 21.9 Å². The van der Waals surface area contributed by atoms with Crippen LogP contribution in [0.4, 0.5) is 0 Å². The van der Waals surface area contributed by atoms with Crippen LogP contribution in [0, 0.1) is 6.92 Å². The fraction of sp³-hybridized carbons (Fsp3) is 0.375. The number of aromatic nitrogens is 2. The molecule has 116 valence electrons. The molecule has 3 rings (SSSR count). The quantitative estimate of drug-likeness (QED) is 0.898. The second-order valence-electron chi connectivity index (χ2n) is 5.65. The van der Waals surface area contributed by atoms with Gasteiger partial charge in [-0.05, 0) is 24.6 Å². The topological polar surface area (TPSA) is 72.5 Å². The monoisotopic (exact) mass is 300 g/mol. The van der Waals surface area contributed by atoms with Gasteiger partial charge >= 0.3 is 0 Å². The number of imidazole rings is 1. The molecule has 6 nitrogen and oxygen atoms in total. The van der Waals surface area contributed by atoms with Crippen molar-refractivity contribution in [3.63, 3.8) is 0 Å². The molecule has 2 aromatic rings. The van der Waals surface area contributed by atoms with Gasteiger partial charge in [-0.25, -0.2) is 4.98 Å². The smallest absolute Gasteiger partial charge is 0.289 e. The number of carbonyl (C=O) groups excluding carboxylic acids is 1. The summed E-state index contributed by atoms with van der Waals surface area (Å²) in [5.41, 5.74) is 1.98. The van der Waals surface area contributed by atoms with Crippen LogP contribution in [0.5, 0.6) is 5.75 Å². The summed E-state index contributed by atoms with van der Waals surface area (Å²) in [5.74, 6) is 0.670. The molecule has 0 unspecified atom stereocenters. The van der Waals surface area contributed by atoms with Crippen molar-refractivity contribution >= 4 is 5.91 Å². The lowest BCUT2D eigenvalue weighted by atomic mass is 10.2. The van der Waals surface area contributed by atoms with E-state index in [0.717, 1.165) is 30.9 Å². The number of carbonyl (C=O) groups is 1. The minimum absolute atomic E-state index is 0.0369. The molecule has 2 N–H and O–H groups in total. The Kier molecular flexibility index (Phi) is 4.11. The van der Waals surface area contributed by atoms with E-state index in [1.807, 2.05) is 24.0 Å². The average Bonchev–Trinajstić information content (AvgIpc) is 2.94. The van der Waals surface area contributed by atoms with Crippen LogP contribution in [0.25, 0.3) is 0 Å². The molecule has 2 heterocycles. The summed E-state index contributed by atoms with van der Waals surface area (Å²) in [5, 5.41) is 9.50. The van der Waals surface area contributed by atoms with E-state index in [-0.39, 0.29) is 5.91 Å². The molecule has 1 aromatic carbocycles. The first kappa shape index (κ1) is 14.6. The molecule has 1 fully saturated rings. The van der Waals surface area contributed by atoms with Crippen LogP contribution in [-0.4, -0.2) is 57.0 Å². The summed E-state index contributed by atoms with van der Waals surface area (Å²) >= 11 is 0. The van der Waals surface area contributed by atoms with Crippen molar-refractivity contribution in [2.45, 2.75) is 13.5 Å². The van der Waals surface area contributed by atoms with Crippen LogP contribution in [0.15, 0.2) is 30.5 Å². The second-order valence-corrected chi connectivity index (χ2v) is 5.65. The highest BCUT2D eigenvalue weighted by atomic mass is 16.3. The van der Waals surface area contributed by atoms with E-state index in [1.54, 1.807) is 18.3 Å². The minimum atomic E-state index is -0.0369. The summed E-state index contributed by atoms with van der Waals surface area (Å²) in [6.45, 7) is 5.70. The molecular weight excluding hydrogens is 280 g/mol. The van der Waals surface area contributed by atoms with Gasteiger partial charge in [0.2, 0.25) is 0 Å². The van der Waals surface area contributed by atoms with Gasteiger partial charge in [0.25, 0.3) is 5.91 Å². The number of hydrogen-bond donors (Lipinski definition) is 2. The van der Waals surface area contributed by atoms with Gasteiger partial charge in [-0.2, -0.15) is 0 Å². The van der Waals surface area contributed by atoms with Crippen molar-refractivity contribution in [1.82, 2.24) is 19.8 Å². The number of piperazine rings is 1. The van der Waals surface area contributed by atoms with E-state index in [9.17, 15) is 9.90 Å². The zero-order chi connectivity index (χ0) is 15.5. The van der Waals surface area contributed by atoms with E-state index in [0.29, 0.717) is 24.7 Å². The Morgan fingerprint density at radius 1 is 1.32 bits per heavy atom. The summed E-state index contributed by atoms with van der Waals surface area (Å²) < 4.78 is 0. The zero-order valence-electron chi connectivity index (χ0n) is 12.6. The molecule has 0 atom stereocenters. The number of phenolic OH excluding ortho intramolecular Hbond substituents is 1. The lowest BCUT2D eigenvalue weighted by molar-refractivity contribution is 0.0617. The lowest BCUT2D eigenvalue weighted by Crippen LogP contribution is -2.48. The Bertz CT molecular complexity index is 660. The van der Waals surface area contributed by atoms with Crippen molar-refractivity contribution in [3.8, 4) is 5.75 Å². The van der Waals surface area contributed by atoms with E-state index in [4.69, 9.17) is 0 Å². The normalized spacial score (nSPS) is 16.0.